The van der Waals surface area contributed by atoms with Crippen molar-refractivity contribution < 1.29 is 0 Å². The zero-order valence-electron chi connectivity index (χ0n) is 23.2. The van der Waals surface area contributed by atoms with Crippen LogP contribution in [-0.4, -0.2) is 11.8 Å². The van der Waals surface area contributed by atoms with Gasteiger partial charge in [0.05, 0.1) is 0 Å². The number of allylic oxidation sites excluding steroid dienone is 4. The maximum atomic E-state index is 2.55. The second-order valence-electron chi connectivity index (χ2n) is 10.5. The van der Waals surface area contributed by atoms with Crippen LogP contribution >= 0.6 is 15.8 Å². The molecule has 1 aliphatic carbocycles. The van der Waals surface area contributed by atoms with Crippen LogP contribution in [0.4, 0.5) is 0 Å². The molecule has 1 aliphatic rings. The lowest BCUT2D eigenvalue weighted by Gasteiger charge is -2.45. The van der Waals surface area contributed by atoms with Gasteiger partial charge in [-0.25, -0.2) is 0 Å². The molecule has 0 radical (unpaired) electrons. The monoisotopic (exact) mass is 532 g/mol. The molecular weight excluding hydrogens is 494 g/mol. The molecule has 0 aromatic heterocycles. The van der Waals surface area contributed by atoms with Crippen molar-refractivity contribution in [3.8, 4) is 0 Å². The van der Waals surface area contributed by atoms with E-state index in [0.717, 1.165) is 6.16 Å². The molecule has 0 amide bonds. The minimum atomic E-state index is -0.631. The standard InChI is InChI=1S/C36H38P2/c1-27-28(2)30(4)36(5,29(27)3)35(38(33-22-14-8-15-23-33)34-24-16-9-17-25-34)26-37(31-18-10-6-11-19-31)32-20-12-7-13-21-32/h6-25,35H,26H2,1-5H3. The highest BCUT2D eigenvalue weighted by atomic mass is 31.1. The van der Waals surface area contributed by atoms with Crippen LogP contribution in [0.15, 0.2) is 144 Å². The molecule has 0 fully saturated rings. The van der Waals surface area contributed by atoms with Crippen molar-refractivity contribution in [2.75, 3.05) is 6.16 Å². The van der Waals surface area contributed by atoms with Crippen molar-refractivity contribution in [3.05, 3.63) is 144 Å². The Morgan fingerprint density at radius 3 is 1.16 bits per heavy atom. The van der Waals surface area contributed by atoms with Crippen molar-refractivity contribution in [1.29, 1.82) is 0 Å². The van der Waals surface area contributed by atoms with Gasteiger partial charge in [0.15, 0.2) is 0 Å². The summed E-state index contributed by atoms with van der Waals surface area (Å²) in [4.78, 5) is 0. The van der Waals surface area contributed by atoms with Gasteiger partial charge >= 0.3 is 0 Å². The fraction of sp³-hybridized carbons (Fsp3) is 0.222. The fourth-order valence-corrected chi connectivity index (χ4v) is 12.6. The summed E-state index contributed by atoms with van der Waals surface area (Å²) in [5, 5.41) is 5.87. The second kappa shape index (κ2) is 11.5. The van der Waals surface area contributed by atoms with Gasteiger partial charge in [0.2, 0.25) is 0 Å². The molecule has 38 heavy (non-hydrogen) atoms. The summed E-state index contributed by atoms with van der Waals surface area (Å²) in [5.74, 6) is 0. The van der Waals surface area contributed by atoms with E-state index < -0.39 is 15.8 Å². The summed E-state index contributed by atoms with van der Waals surface area (Å²) < 4.78 is 0. The molecule has 0 spiro atoms. The van der Waals surface area contributed by atoms with E-state index in [2.05, 4.69) is 156 Å². The van der Waals surface area contributed by atoms with E-state index in [1.54, 1.807) is 11.1 Å². The van der Waals surface area contributed by atoms with Gasteiger partial charge in [-0.1, -0.05) is 139 Å². The van der Waals surface area contributed by atoms with Crippen LogP contribution in [0.25, 0.3) is 0 Å². The van der Waals surface area contributed by atoms with Crippen molar-refractivity contribution >= 4 is 37.1 Å². The Morgan fingerprint density at radius 1 is 0.500 bits per heavy atom. The van der Waals surface area contributed by atoms with Gasteiger partial charge in [0.25, 0.3) is 0 Å². The summed E-state index contributed by atoms with van der Waals surface area (Å²) in [6.45, 7) is 12.0. The molecule has 0 nitrogen and oxygen atoms in total. The summed E-state index contributed by atoms with van der Waals surface area (Å²) >= 11 is 0. The van der Waals surface area contributed by atoms with Gasteiger partial charge in [-0.05, 0) is 82.1 Å². The Bertz CT molecular complexity index is 1320. The maximum absolute atomic E-state index is 2.55. The molecule has 0 heterocycles. The van der Waals surface area contributed by atoms with Gasteiger partial charge in [0.1, 0.15) is 0 Å². The van der Waals surface area contributed by atoms with Crippen LogP contribution in [0.2, 0.25) is 0 Å². The Balaban J connectivity index is 1.75. The van der Waals surface area contributed by atoms with Crippen LogP contribution < -0.4 is 21.2 Å². The molecule has 192 valence electrons. The summed E-state index contributed by atoms with van der Waals surface area (Å²) in [6, 6.07) is 45.2. The molecule has 0 saturated heterocycles. The van der Waals surface area contributed by atoms with Crippen molar-refractivity contribution in [3.63, 3.8) is 0 Å². The molecule has 0 N–H and O–H groups in total. The molecule has 2 heteroatoms. The highest BCUT2D eigenvalue weighted by molar-refractivity contribution is 7.77. The van der Waals surface area contributed by atoms with E-state index in [0.29, 0.717) is 5.66 Å². The van der Waals surface area contributed by atoms with Crippen molar-refractivity contribution in [2.24, 2.45) is 5.41 Å². The van der Waals surface area contributed by atoms with Gasteiger partial charge in [0, 0.05) is 11.1 Å². The molecule has 0 saturated carbocycles. The third-order valence-corrected chi connectivity index (χ3v) is 14.7. The molecule has 1 unspecified atom stereocenters. The van der Waals surface area contributed by atoms with E-state index in [1.807, 2.05) is 0 Å². The fourth-order valence-electron chi connectivity index (χ4n) is 6.08. The lowest BCUT2D eigenvalue weighted by molar-refractivity contribution is 0.481. The van der Waals surface area contributed by atoms with E-state index in [-0.39, 0.29) is 5.41 Å². The Labute approximate surface area is 232 Å². The van der Waals surface area contributed by atoms with Crippen LogP contribution in [0.1, 0.15) is 34.6 Å². The predicted molar refractivity (Wildman–Crippen MR) is 172 cm³/mol. The topological polar surface area (TPSA) is 0 Å². The van der Waals surface area contributed by atoms with Crippen molar-refractivity contribution in [2.45, 2.75) is 40.3 Å². The zero-order valence-corrected chi connectivity index (χ0v) is 25.0. The SMILES string of the molecule is CC1=C(C)C(C)(C(CP(c2ccccc2)c2ccccc2)P(c2ccccc2)c2ccccc2)C(C)=C1C. The van der Waals surface area contributed by atoms with Crippen LogP contribution in [0.3, 0.4) is 0 Å². The van der Waals surface area contributed by atoms with E-state index in [4.69, 9.17) is 0 Å². The van der Waals surface area contributed by atoms with Crippen LogP contribution in [-0.2, 0) is 0 Å². The lowest BCUT2D eigenvalue weighted by atomic mass is 9.76. The van der Waals surface area contributed by atoms with Gasteiger partial charge in [-0.15, -0.1) is 0 Å². The second-order valence-corrected chi connectivity index (χ2v) is 15.2. The molecular formula is C36H38P2. The first-order valence-corrected chi connectivity index (χ1v) is 16.5. The molecule has 0 aliphatic heterocycles. The molecule has 0 bridgehead atoms. The van der Waals surface area contributed by atoms with Crippen LogP contribution in [0, 0.1) is 5.41 Å². The molecule has 4 aromatic carbocycles. The first kappa shape index (κ1) is 26.8. The smallest absolute Gasteiger partial charge is 0.0175 e. The Morgan fingerprint density at radius 2 is 0.816 bits per heavy atom. The molecule has 1 atom stereocenters. The summed E-state index contributed by atoms with van der Waals surface area (Å²) in [5.41, 5.74) is 6.50. The van der Waals surface area contributed by atoms with E-state index in [9.17, 15) is 0 Å². The summed E-state index contributed by atoms with van der Waals surface area (Å²) in [6.07, 6.45) is 1.14. The number of hydrogen-bond donors (Lipinski definition) is 0. The third kappa shape index (κ3) is 4.98. The van der Waals surface area contributed by atoms with E-state index >= 15 is 0 Å². The number of hydrogen-bond acceptors (Lipinski definition) is 0. The highest BCUT2D eigenvalue weighted by Crippen LogP contribution is 2.61. The Hall–Kier alpha value is -2.78. The minimum absolute atomic E-state index is 0.00427. The average molecular weight is 533 g/mol. The lowest BCUT2D eigenvalue weighted by Crippen LogP contribution is -2.40. The zero-order chi connectivity index (χ0) is 26.7. The number of rotatable bonds is 8. The Kier molecular flexibility index (Phi) is 8.14. The molecule has 5 rings (SSSR count). The van der Waals surface area contributed by atoms with Crippen molar-refractivity contribution in [1.82, 2.24) is 0 Å². The van der Waals surface area contributed by atoms with Gasteiger partial charge < -0.3 is 0 Å². The normalized spacial score (nSPS) is 16.0. The summed E-state index contributed by atoms with van der Waals surface area (Å²) in [7, 11) is -1.18. The predicted octanol–water partition coefficient (Wildman–Crippen LogP) is 8.31. The largest absolute Gasteiger partial charge is 0.0622 e. The van der Waals surface area contributed by atoms with E-state index in [1.165, 1.54) is 32.4 Å². The minimum Gasteiger partial charge on any atom is -0.0622 e. The maximum Gasteiger partial charge on any atom is 0.0175 e. The number of benzene rings is 4. The quantitative estimate of drug-likeness (QED) is 0.200. The first-order valence-electron chi connectivity index (χ1n) is 13.6. The van der Waals surface area contributed by atoms with Crippen LogP contribution in [0.5, 0.6) is 0 Å². The first-order chi connectivity index (χ1) is 18.4. The van der Waals surface area contributed by atoms with Gasteiger partial charge in [-0.3, -0.25) is 0 Å². The average Bonchev–Trinajstić information content (AvgIpc) is 3.12. The molecule has 4 aromatic rings. The highest BCUT2D eigenvalue weighted by Gasteiger charge is 2.47. The van der Waals surface area contributed by atoms with Gasteiger partial charge in [-0.2, -0.15) is 0 Å². The third-order valence-electron chi connectivity index (χ3n) is 8.78.